The minimum absolute atomic E-state index is 0.278. The molecule has 0 amide bonds. The normalized spacial score (nSPS) is 14.1. The second kappa shape index (κ2) is 12.3. The molecule has 20 heavy (non-hydrogen) atoms. The lowest BCUT2D eigenvalue weighted by Gasteiger charge is -2.15. The number of aromatic nitrogens is 1. The smallest absolute Gasteiger partial charge is 0.317 e. The van der Waals surface area contributed by atoms with E-state index in [0.717, 1.165) is 6.29 Å². The molecule has 0 atom stereocenters. The van der Waals surface area contributed by atoms with Crippen LogP contribution in [0.5, 0.6) is 0 Å². The minimum atomic E-state index is -0.968. The second-order valence-electron chi connectivity index (χ2n) is 4.39. The number of aliphatic carboxylic acids is 1. The number of hydrogen-bond acceptors (Lipinski definition) is 5. The van der Waals surface area contributed by atoms with Crippen LogP contribution in [0.15, 0.2) is 24.5 Å². The highest BCUT2D eigenvalue weighted by atomic mass is 16.4. The molecule has 2 rings (SSSR count). The van der Waals surface area contributed by atoms with Gasteiger partial charge in [-0.15, -0.1) is 0 Å². The number of carboxylic acid groups (broad SMARTS) is 1. The van der Waals surface area contributed by atoms with Gasteiger partial charge in [0.2, 0.25) is 0 Å². The molecule has 1 fully saturated rings. The summed E-state index contributed by atoms with van der Waals surface area (Å²) >= 11 is 0. The number of carbonyl (C=O) groups is 2. The quantitative estimate of drug-likeness (QED) is 0.701. The van der Waals surface area contributed by atoms with Gasteiger partial charge < -0.3 is 16.6 Å². The highest BCUT2D eigenvalue weighted by Gasteiger charge is 2.06. The third kappa shape index (κ3) is 11.3. The number of hydrogen-bond donors (Lipinski definition) is 3. The first-order valence-electron chi connectivity index (χ1n) is 6.62. The molecule has 0 bridgehead atoms. The monoisotopic (exact) mass is 281 g/mol. The summed E-state index contributed by atoms with van der Waals surface area (Å²) in [6.45, 7) is -0.278. The summed E-state index contributed by atoms with van der Waals surface area (Å²) in [5.74, 6) is -0.968. The maximum atomic E-state index is 9.98. The van der Waals surface area contributed by atoms with E-state index < -0.39 is 5.97 Å². The van der Waals surface area contributed by atoms with Gasteiger partial charge >= 0.3 is 5.97 Å². The summed E-state index contributed by atoms with van der Waals surface area (Å²) in [5, 5.41) is 7.60. The van der Waals surface area contributed by atoms with Crippen LogP contribution in [-0.2, 0) is 4.79 Å². The van der Waals surface area contributed by atoms with Crippen molar-refractivity contribution in [1.82, 2.24) is 4.98 Å². The van der Waals surface area contributed by atoms with Gasteiger partial charge in [0.1, 0.15) is 6.29 Å². The van der Waals surface area contributed by atoms with Gasteiger partial charge in [-0.1, -0.05) is 19.3 Å². The first-order valence-corrected chi connectivity index (χ1v) is 6.62. The van der Waals surface area contributed by atoms with E-state index in [9.17, 15) is 9.59 Å². The molecule has 0 spiro atoms. The van der Waals surface area contributed by atoms with Crippen LogP contribution in [-0.4, -0.2) is 34.9 Å². The second-order valence-corrected chi connectivity index (χ2v) is 4.39. The first-order chi connectivity index (χ1) is 9.60. The number of pyridine rings is 1. The fourth-order valence-corrected chi connectivity index (χ4v) is 1.58. The fraction of sp³-hybridized carbons (Fsp3) is 0.500. The van der Waals surface area contributed by atoms with E-state index in [-0.39, 0.29) is 6.54 Å². The van der Waals surface area contributed by atoms with Gasteiger partial charge in [-0.2, -0.15) is 0 Å². The summed E-state index contributed by atoms with van der Waals surface area (Å²) in [7, 11) is 0. The average molecular weight is 281 g/mol. The zero-order valence-corrected chi connectivity index (χ0v) is 11.6. The molecule has 1 aliphatic rings. The number of aldehydes is 1. The molecule has 6 nitrogen and oxygen atoms in total. The van der Waals surface area contributed by atoms with Crippen molar-refractivity contribution in [2.24, 2.45) is 11.5 Å². The Morgan fingerprint density at radius 1 is 1.30 bits per heavy atom. The average Bonchev–Trinajstić information content (AvgIpc) is 2.50. The number of nitrogens with zero attached hydrogens (tertiary/aromatic N) is 1. The first kappa shape index (κ1) is 18.2. The van der Waals surface area contributed by atoms with Crippen molar-refractivity contribution >= 4 is 12.3 Å². The van der Waals surface area contributed by atoms with E-state index in [0.29, 0.717) is 11.6 Å². The van der Waals surface area contributed by atoms with Crippen molar-refractivity contribution in [3.8, 4) is 0 Å². The standard InChI is InChI=1S/C6H5NO.C6H13N.C2H5NO2/c8-5-6-1-3-7-4-2-6;7-6-4-2-1-3-5-6;3-1-2(4)5/h1-5H;6H,1-5,7H2;1,3H2,(H,4,5). The fourth-order valence-electron chi connectivity index (χ4n) is 1.58. The Morgan fingerprint density at radius 3 is 2.05 bits per heavy atom. The lowest BCUT2D eigenvalue weighted by Crippen LogP contribution is -2.22. The van der Waals surface area contributed by atoms with E-state index in [1.54, 1.807) is 24.5 Å². The van der Waals surface area contributed by atoms with E-state index in [4.69, 9.17) is 10.8 Å². The topological polar surface area (TPSA) is 119 Å². The van der Waals surface area contributed by atoms with E-state index in [1.807, 2.05) is 0 Å². The Morgan fingerprint density at radius 2 is 1.80 bits per heavy atom. The van der Waals surface area contributed by atoms with Crippen molar-refractivity contribution in [2.45, 2.75) is 38.1 Å². The molecule has 1 heterocycles. The molecule has 0 unspecified atom stereocenters. The highest BCUT2D eigenvalue weighted by molar-refractivity contribution is 5.73. The number of nitrogens with two attached hydrogens (primary N) is 2. The Labute approximate surface area is 119 Å². The van der Waals surface area contributed by atoms with Gasteiger partial charge in [0, 0.05) is 24.0 Å². The van der Waals surface area contributed by atoms with Crippen LogP contribution in [0.4, 0.5) is 0 Å². The van der Waals surface area contributed by atoms with E-state index in [2.05, 4.69) is 10.7 Å². The molecular formula is C14H23N3O3. The lowest BCUT2D eigenvalue weighted by molar-refractivity contribution is -0.135. The van der Waals surface area contributed by atoms with Gasteiger partial charge in [0.15, 0.2) is 0 Å². The maximum Gasteiger partial charge on any atom is 0.317 e. The van der Waals surface area contributed by atoms with Crippen LogP contribution in [0.2, 0.25) is 0 Å². The molecule has 1 saturated carbocycles. The molecular weight excluding hydrogens is 258 g/mol. The summed E-state index contributed by atoms with van der Waals surface area (Å²) < 4.78 is 0. The van der Waals surface area contributed by atoms with Crippen LogP contribution in [0.3, 0.4) is 0 Å². The molecule has 0 saturated heterocycles. The third-order valence-electron chi connectivity index (χ3n) is 2.67. The highest BCUT2D eigenvalue weighted by Crippen LogP contribution is 2.14. The Balaban J connectivity index is 0.000000280. The molecule has 1 aromatic heterocycles. The number of carbonyl (C=O) groups excluding carboxylic acids is 1. The largest absolute Gasteiger partial charge is 0.480 e. The van der Waals surface area contributed by atoms with E-state index >= 15 is 0 Å². The van der Waals surface area contributed by atoms with Crippen LogP contribution < -0.4 is 11.5 Å². The predicted octanol–water partition coefficient (Wildman–Crippen LogP) is 1.20. The van der Waals surface area contributed by atoms with Crippen molar-refractivity contribution < 1.29 is 14.7 Å². The minimum Gasteiger partial charge on any atom is -0.480 e. The molecule has 1 aliphatic carbocycles. The molecule has 112 valence electrons. The van der Waals surface area contributed by atoms with Crippen LogP contribution in [0, 0.1) is 0 Å². The molecule has 0 radical (unpaired) electrons. The van der Waals surface area contributed by atoms with Gasteiger partial charge in [-0.05, 0) is 25.0 Å². The lowest BCUT2D eigenvalue weighted by atomic mass is 9.97. The van der Waals surface area contributed by atoms with Crippen molar-refractivity contribution in [1.29, 1.82) is 0 Å². The third-order valence-corrected chi connectivity index (χ3v) is 2.67. The Bertz CT molecular complexity index is 365. The number of rotatable bonds is 2. The van der Waals surface area contributed by atoms with Crippen molar-refractivity contribution in [2.75, 3.05) is 6.54 Å². The van der Waals surface area contributed by atoms with Gasteiger partial charge in [0.25, 0.3) is 0 Å². The summed E-state index contributed by atoms with van der Waals surface area (Å²) in [6, 6.07) is 3.86. The summed E-state index contributed by atoms with van der Waals surface area (Å²) in [6.07, 6.45) is 10.6. The zero-order chi connectivity index (χ0) is 15.2. The van der Waals surface area contributed by atoms with Crippen molar-refractivity contribution in [3.63, 3.8) is 0 Å². The maximum absolute atomic E-state index is 9.98. The SMILES string of the molecule is NC1CCCCC1.NCC(=O)O.O=Cc1ccncc1. The van der Waals surface area contributed by atoms with Gasteiger partial charge in [-0.3, -0.25) is 14.6 Å². The summed E-state index contributed by atoms with van der Waals surface area (Å²) in [5.41, 5.74) is 10.9. The van der Waals surface area contributed by atoms with Crippen LogP contribution >= 0.6 is 0 Å². The summed E-state index contributed by atoms with van der Waals surface area (Å²) in [4.78, 5) is 23.0. The Hall–Kier alpha value is -1.79. The van der Waals surface area contributed by atoms with Crippen LogP contribution in [0.25, 0.3) is 0 Å². The van der Waals surface area contributed by atoms with Gasteiger partial charge in [0.05, 0.1) is 6.54 Å². The zero-order valence-electron chi connectivity index (χ0n) is 11.6. The molecule has 0 aromatic carbocycles. The van der Waals surface area contributed by atoms with E-state index in [1.165, 1.54) is 32.1 Å². The molecule has 0 aliphatic heterocycles. The van der Waals surface area contributed by atoms with Gasteiger partial charge in [-0.25, -0.2) is 0 Å². The number of carboxylic acids is 1. The predicted molar refractivity (Wildman–Crippen MR) is 77.4 cm³/mol. The van der Waals surface area contributed by atoms with Crippen molar-refractivity contribution in [3.05, 3.63) is 30.1 Å². The molecule has 1 aromatic rings. The Kier molecular flexibility index (Phi) is 11.2. The molecule has 6 heteroatoms. The molecule has 5 N–H and O–H groups in total. The van der Waals surface area contributed by atoms with Crippen LogP contribution in [0.1, 0.15) is 42.5 Å².